The molecule has 0 spiro atoms. The van der Waals surface area contributed by atoms with E-state index < -0.39 is 0 Å². The Morgan fingerprint density at radius 3 is 3.04 bits per heavy atom. The lowest BCUT2D eigenvalue weighted by Crippen LogP contribution is -2.48. The van der Waals surface area contributed by atoms with Gasteiger partial charge in [-0.1, -0.05) is 12.1 Å². The highest BCUT2D eigenvalue weighted by atomic mass is 32.1. The number of carbonyl (C=O) groups is 2. The van der Waals surface area contributed by atoms with Crippen LogP contribution in [0.25, 0.3) is 0 Å². The van der Waals surface area contributed by atoms with Gasteiger partial charge in [0.05, 0.1) is 5.92 Å². The Hall–Kier alpha value is -2.48. The van der Waals surface area contributed by atoms with Gasteiger partial charge in [0.2, 0.25) is 5.91 Å². The fraction of sp³-hybridized carbons (Fsp3) is 0.389. The first kappa shape index (κ1) is 18.3. The molecule has 0 aliphatic carbocycles. The van der Waals surface area contributed by atoms with Gasteiger partial charge in [-0.2, -0.15) is 0 Å². The Kier molecular flexibility index (Phi) is 6.17. The number of thiazole rings is 1. The van der Waals surface area contributed by atoms with Gasteiger partial charge in [-0.25, -0.2) is 14.2 Å². The van der Waals surface area contributed by atoms with Crippen molar-refractivity contribution in [3.05, 3.63) is 47.2 Å². The summed E-state index contributed by atoms with van der Waals surface area (Å²) in [4.78, 5) is 30.4. The van der Waals surface area contributed by atoms with E-state index >= 15 is 0 Å². The van der Waals surface area contributed by atoms with Crippen molar-refractivity contribution >= 4 is 28.4 Å². The molecule has 138 valence electrons. The molecule has 3 rings (SSSR count). The van der Waals surface area contributed by atoms with Crippen LogP contribution in [-0.4, -0.2) is 41.5 Å². The number of benzene rings is 1. The van der Waals surface area contributed by atoms with E-state index in [1.807, 2.05) is 6.07 Å². The Morgan fingerprint density at radius 2 is 2.27 bits per heavy atom. The van der Waals surface area contributed by atoms with Gasteiger partial charge in [-0.3, -0.25) is 4.79 Å². The van der Waals surface area contributed by atoms with E-state index in [-0.39, 0.29) is 23.7 Å². The SMILES string of the molecule is O=C(Nc1nccs1)C1CCCN(C(=O)NCCc2cccc(F)c2)C1. The van der Waals surface area contributed by atoms with Gasteiger partial charge in [-0.05, 0) is 37.0 Å². The van der Waals surface area contributed by atoms with Crippen LogP contribution in [0.1, 0.15) is 18.4 Å². The van der Waals surface area contributed by atoms with E-state index in [1.54, 1.807) is 22.5 Å². The van der Waals surface area contributed by atoms with Crippen LogP contribution in [0.15, 0.2) is 35.8 Å². The van der Waals surface area contributed by atoms with Crippen LogP contribution in [0.5, 0.6) is 0 Å². The van der Waals surface area contributed by atoms with Crippen LogP contribution in [0.4, 0.5) is 14.3 Å². The highest BCUT2D eigenvalue weighted by Gasteiger charge is 2.28. The zero-order valence-electron chi connectivity index (χ0n) is 14.3. The third-order valence-electron chi connectivity index (χ3n) is 4.32. The molecule has 1 aliphatic heterocycles. The minimum atomic E-state index is -0.279. The lowest BCUT2D eigenvalue weighted by atomic mass is 9.97. The number of piperidine rings is 1. The van der Waals surface area contributed by atoms with Crippen LogP contribution in [0.2, 0.25) is 0 Å². The van der Waals surface area contributed by atoms with E-state index in [1.165, 1.54) is 23.5 Å². The molecule has 2 aromatic rings. The van der Waals surface area contributed by atoms with Crippen LogP contribution < -0.4 is 10.6 Å². The lowest BCUT2D eigenvalue weighted by Gasteiger charge is -2.31. The molecule has 1 aromatic carbocycles. The molecule has 1 aliphatic rings. The van der Waals surface area contributed by atoms with Gasteiger partial charge in [0.15, 0.2) is 5.13 Å². The third kappa shape index (κ3) is 5.01. The molecular weight excluding hydrogens is 355 g/mol. The van der Waals surface area contributed by atoms with Gasteiger partial charge in [0, 0.05) is 31.2 Å². The quantitative estimate of drug-likeness (QED) is 0.843. The predicted octanol–water partition coefficient (Wildman–Crippen LogP) is 2.89. The van der Waals surface area contributed by atoms with Crippen LogP contribution >= 0.6 is 11.3 Å². The smallest absolute Gasteiger partial charge is 0.317 e. The zero-order chi connectivity index (χ0) is 18.4. The van der Waals surface area contributed by atoms with Gasteiger partial charge in [-0.15, -0.1) is 11.3 Å². The largest absolute Gasteiger partial charge is 0.338 e. The van der Waals surface area contributed by atoms with Crippen molar-refractivity contribution in [1.29, 1.82) is 0 Å². The van der Waals surface area contributed by atoms with Gasteiger partial charge < -0.3 is 15.5 Å². The van der Waals surface area contributed by atoms with Crippen molar-refractivity contribution in [3.63, 3.8) is 0 Å². The number of aromatic nitrogens is 1. The van der Waals surface area contributed by atoms with Gasteiger partial charge >= 0.3 is 6.03 Å². The number of urea groups is 1. The molecule has 0 bridgehead atoms. The number of halogens is 1. The minimum absolute atomic E-state index is 0.0998. The summed E-state index contributed by atoms with van der Waals surface area (Å²) in [5.41, 5.74) is 0.838. The van der Waals surface area contributed by atoms with E-state index in [0.29, 0.717) is 31.2 Å². The number of amides is 3. The topological polar surface area (TPSA) is 74.3 Å². The second-order valence-corrected chi connectivity index (χ2v) is 7.12. The molecule has 1 unspecified atom stereocenters. The van der Waals surface area contributed by atoms with Crippen molar-refractivity contribution in [2.24, 2.45) is 5.92 Å². The molecule has 0 radical (unpaired) electrons. The molecule has 26 heavy (non-hydrogen) atoms. The first-order chi connectivity index (χ1) is 12.6. The average Bonchev–Trinajstić information content (AvgIpc) is 3.15. The number of likely N-dealkylation sites (tertiary alicyclic amines) is 1. The Morgan fingerprint density at radius 1 is 1.38 bits per heavy atom. The van der Waals surface area contributed by atoms with E-state index in [9.17, 15) is 14.0 Å². The second kappa shape index (κ2) is 8.75. The van der Waals surface area contributed by atoms with Gasteiger partial charge in [0.25, 0.3) is 0 Å². The number of carbonyl (C=O) groups excluding carboxylic acids is 2. The fourth-order valence-electron chi connectivity index (χ4n) is 2.99. The molecule has 2 N–H and O–H groups in total. The molecule has 3 amide bonds. The van der Waals surface area contributed by atoms with Crippen LogP contribution in [-0.2, 0) is 11.2 Å². The number of hydrogen-bond donors (Lipinski definition) is 2. The molecular formula is C18H21FN4O2S. The zero-order valence-corrected chi connectivity index (χ0v) is 15.1. The molecule has 1 atom stereocenters. The third-order valence-corrected chi connectivity index (χ3v) is 5.01. The molecule has 1 aromatic heterocycles. The average molecular weight is 376 g/mol. The maximum atomic E-state index is 13.2. The normalized spacial score (nSPS) is 17.0. The summed E-state index contributed by atoms with van der Waals surface area (Å²) in [6.07, 6.45) is 3.74. The number of nitrogens with one attached hydrogen (secondary N) is 2. The van der Waals surface area contributed by atoms with Crippen LogP contribution in [0.3, 0.4) is 0 Å². The summed E-state index contributed by atoms with van der Waals surface area (Å²) in [5.74, 6) is -0.613. The molecule has 1 fully saturated rings. The summed E-state index contributed by atoms with van der Waals surface area (Å²) < 4.78 is 13.2. The summed E-state index contributed by atoms with van der Waals surface area (Å²) in [6, 6.07) is 6.16. The monoisotopic (exact) mass is 376 g/mol. The second-order valence-electron chi connectivity index (χ2n) is 6.22. The first-order valence-electron chi connectivity index (χ1n) is 8.59. The maximum absolute atomic E-state index is 13.2. The van der Waals surface area contributed by atoms with Crippen molar-refractivity contribution in [3.8, 4) is 0 Å². The van der Waals surface area contributed by atoms with Crippen LogP contribution in [0, 0.1) is 11.7 Å². The van der Waals surface area contributed by atoms with E-state index in [4.69, 9.17) is 0 Å². The van der Waals surface area contributed by atoms with Crippen molar-refractivity contribution in [2.75, 3.05) is 25.0 Å². The molecule has 0 saturated carbocycles. The predicted molar refractivity (Wildman–Crippen MR) is 98.5 cm³/mol. The first-order valence-corrected chi connectivity index (χ1v) is 9.47. The van der Waals surface area contributed by atoms with Crippen molar-refractivity contribution < 1.29 is 14.0 Å². The van der Waals surface area contributed by atoms with E-state index in [2.05, 4.69) is 15.6 Å². The Balaban J connectivity index is 1.45. The number of hydrogen-bond acceptors (Lipinski definition) is 4. The highest BCUT2D eigenvalue weighted by Crippen LogP contribution is 2.19. The standard InChI is InChI=1S/C18H21FN4O2S/c19-15-5-1-3-13(11-15)6-7-21-18(25)23-9-2-4-14(12-23)16(24)22-17-20-8-10-26-17/h1,3,5,8,10-11,14H,2,4,6-7,9,12H2,(H,21,25)(H,20,22,24). The molecule has 1 saturated heterocycles. The van der Waals surface area contributed by atoms with Gasteiger partial charge in [0.1, 0.15) is 5.82 Å². The molecule has 6 nitrogen and oxygen atoms in total. The molecule has 2 heterocycles. The van der Waals surface area contributed by atoms with Crippen molar-refractivity contribution in [2.45, 2.75) is 19.3 Å². The minimum Gasteiger partial charge on any atom is -0.338 e. The maximum Gasteiger partial charge on any atom is 0.317 e. The molecule has 8 heteroatoms. The summed E-state index contributed by atoms with van der Waals surface area (Å²) >= 11 is 1.37. The number of anilines is 1. The number of nitrogens with zero attached hydrogens (tertiary/aromatic N) is 2. The number of rotatable bonds is 5. The Bertz CT molecular complexity index is 753. The van der Waals surface area contributed by atoms with Crippen molar-refractivity contribution in [1.82, 2.24) is 15.2 Å². The highest BCUT2D eigenvalue weighted by molar-refractivity contribution is 7.13. The summed E-state index contributed by atoms with van der Waals surface area (Å²) in [6.45, 7) is 1.45. The summed E-state index contributed by atoms with van der Waals surface area (Å²) in [7, 11) is 0. The Labute approximate surface area is 155 Å². The summed E-state index contributed by atoms with van der Waals surface area (Å²) in [5, 5.41) is 8.02. The fourth-order valence-corrected chi connectivity index (χ4v) is 3.52. The lowest BCUT2D eigenvalue weighted by molar-refractivity contribution is -0.121. The van der Waals surface area contributed by atoms with E-state index in [0.717, 1.165) is 18.4 Å².